The van der Waals surface area contributed by atoms with E-state index >= 15 is 0 Å². The first-order valence-electron chi connectivity index (χ1n) is 7.17. The molecule has 0 spiro atoms. The number of amides is 1. The van der Waals surface area contributed by atoms with Crippen molar-refractivity contribution in [1.29, 1.82) is 0 Å². The Morgan fingerprint density at radius 2 is 2.26 bits per heavy atom. The lowest BCUT2D eigenvalue weighted by molar-refractivity contribution is 0.0812. The van der Waals surface area contributed by atoms with Gasteiger partial charge in [-0.1, -0.05) is 37.5 Å². The smallest absolute Gasteiger partial charge is 0.251 e. The highest BCUT2D eigenvalue weighted by Crippen LogP contribution is 2.33. The van der Waals surface area contributed by atoms with E-state index in [1.54, 1.807) is 0 Å². The molecule has 1 aliphatic carbocycles. The maximum atomic E-state index is 12.4. The van der Waals surface area contributed by atoms with Crippen molar-refractivity contribution in [2.75, 3.05) is 6.54 Å². The number of carbonyl (C=O) groups excluding carboxylic acids is 1. The molecule has 1 fully saturated rings. The minimum absolute atomic E-state index is 0.00269. The highest BCUT2D eigenvalue weighted by molar-refractivity contribution is 5.94. The Hall–Kier alpha value is -1.35. The Bertz CT molecular complexity index is 458. The lowest BCUT2D eigenvalue weighted by atomic mass is 9.73. The minimum atomic E-state index is -0.223. The van der Waals surface area contributed by atoms with Gasteiger partial charge in [-0.05, 0) is 37.8 Å². The molecule has 0 aliphatic heterocycles. The zero-order chi connectivity index (χ0) is 13.9. The van der Waals surface area contributed by atoms with Gasteiger partial charge in [-0.15, -0.1) is 0 Å². The predicted molar refractivity (Wildman–Crippen MR) is 78.1 cm³/mol. The van der Waals surface area contributed by atoms with Gasteiger partial charge in [0.1, 0.15) is 0 Å². The molecule has 3 N–H and O–H groups in total. The van der Waals surface area contributed by atoms with Crippen molar-refractivity contribution in [1.82, 2.24) is 5.32 Å². The summed E-state index contributed by atoms with van der Waals surface area (Å²) in [5.41, 5.74) is 7.58. The van der Waals surface area contributed by atoms with Crippen molar-refractivity contribution in [2.45, 2.75) is 45.1 Å². The number of hydrogen-bond donors (Lipinski definition) is 2. The summed E-state index contributed by atoms with van der Waals surface area (Å²) in [6.45, 7) is 4.72. The molecule has 3 heteroatoms. The van der Waals surface area contributed by atoms with E-state index in [-0.39, 0.29) is 11.4 Å². The fourth-order valence-electron chi connectivity index (χ4n) is 3.04. The van der Waals surface area contributed by atoms with Gasteiger partial charge in [0.15, 0.2) is 0 Å². The van der Waals surface area contributed by atoms with E-state index < -0.39 is 0 Å². The van der Waals surface area contributed by atoms with Crippen LogP contribution in [-0.4, -0.2) is 18.0 Å². The Kier molecular flexibility index (Phi) is 4.25. The molecule has 2 rings (SSSR count). The van der Waals surface area contributed by atoms with Crippen LogP contribution >= 0.6 is 0 Å². The summed E-state index contributed by atoms with van der Waals surface area (Å²) in [6.07, 6.45) is 4.52. The zero-order valence-electron chi connectivity index (χ0n) is 11.9. The Morgan fingerprint density at radius 1 is 1.47 bits per heavy atom. The molecule has 104 valence electrons. The van der Waals surface area contributed by atoms with Crippen LogP contribution in [0.4, 0.5) is 0 Å². The van der Waals surface area contributed by atoms with Gasteiger partial charge in [0.25, 0.3) is 5.91 Å². The van der Waals surface area contributed by atoms with Gasteiger partial charge in [0.05, 0.1) is 5.54 Å². The van der Waals surface area contributed by atoms with Crippen molar-refractivity contribution < 1.29 is 4.79 Å². The summed E-state index contributed by atoms with van der Waals surface area (Å²) < 4.78 is 0. The van der Waals surface area contributed by atoms with Crippen LogP contribution in [0.15, 0.2) is 24.3 Å². The van der Waals surface area contributed by atoms with Gasteiger partial charge in [0.2, 0.25) is 0 Å². The number of nitrogens with one attached hydrogen (secondary N) is 1. The van der Waals surface area contributed by atoms with Crippen LogP contribution in [-0.2, 0) is 0 Å². The third-order valence-corrected chi connectivity index (χ3v) is 4.46. The van der Waals surface area contributed by atoms with Crippen molar-refractivity contribution in [2.24, 2.45) is 11.7 Å². The number of rotatable bonds is 3. The van der Waals surface area contributed by atoms with Crippen LogP contribution < -0.4 is 11.1 Å². The molecular formula is C16H24N2O. The summed E-state index contributed by atoms with van der Waals surface area (Å²) in [5, 5.41) is 3.21. The normalized spacial score (nSPS) is 27.0. The molecule has 1 saturated carbocycles. The summed E-state index contributed by atoms with van der Waals surface area (Å²) in [5.74, 6) is 0.447. The second-order valence-corrected chi connectivity index (χ2v) is 5.83. The number of hydrogen-bond acceptors (Lipinski definition) is 2. The van der Waals surface area contributed by atoms with Crippen LogP contribution in [0.2, 0.25) is 0 Å². The van der Waals surface area contributed by atoms with Crippen LogP contribution in [0, 0.1) is 12.8 Å². The van der Waals surface area contributed by atoms with Crippen LogP contribution in [0.3, 0.4) is 0 Å². The summed E-state index contributed by atoms with van der Waals surface area (Å²) in [4.78, 5) is 12.4. The summed E-state index contributed by atoms with van der Waals surface area (Å²) >= 11 is 0. The first-order valence-corrected chi connectivity index (χ1v) is 7.17. The van der Waals surface area contributed by atoms with Gasteiger partial charge in [-0.2, -0.15) is 0 Å². The number of carbonyl (C=O) groups is 1. The molecule has 1 aromatic rings. The van der Waals surface area contributed by atoms with Crippen molar-refractivity contribution in [3.05, 3.63) is 35.4 Å². The maximum Gasteiger partial charge on any atom is 0.251 e. The predicted octanol–water partition coefficient (Wildman–Crippen LogP) is 2.63. The molecule has 0 heterocycles. The van der Waals surface area contributed by atoms with E-state index in [4.69, 9.17) is 5.73 Å². The lowest BCUT2D eigenvalue weighted by Gasteiger charge is -2.42. The molecule has 1 amide bonds. The van der Waals surface area contributed by atoms with Gasteiger partial charge < -0.3 is 11.1 Å². The summed E-state index contributed by atoms with van der Waals surface area (Å²) in [7, 11) is 0. The van der Waals surface area contributed by atoms with Gasteiger partial charge in [0, 0.05) is 12.1 Å². The summed E-state index contributed by atoms with van der Waals surface area (Å²) in [6, 6.07) is 7.70. The second kappa shape index (κ2) is 5.74. The molecule has 0 bridgehead atoms. The van der Waals surface area contributed by atoms with E-state index in [0.29, 0.717) is 12.5 Å². The maximum absolute atomic E-state index is 12.4. The minimum Gasteiger partial charge on any atom is -0.345 e. The van der Waals surface area contributed by atoms with Crippen molar-refractivity contribution in [3.8, 4) is 0 Å². The highest BCUT2D eigenvalue weighted by Gasteiger charge is 2.38. The third-order valence-electron chi connectivity index (χ3n) is 4.46. The largest absolute Gasteiger partial charge is 0.345 e. The van der Waals surface area contributed by atoms with E-state index in [2.05, 4.69) is 12.2 Å². The molecule has 1 aliphatic rings. The lowest BCUT2D eigenvalue weighted by Crippen LogP contribution is -2.59. The van der Waals surface area contributed by atoms with Crippen LogP contribution in [0.25, 0.3) is 0 Å². The van der Waals surface area contributed by atoms with E-state index in [9.17, 15) is 4.79 Å². The fraction of sp³-hybridized carbons (Fsp3) is 0.562. The highest BCUT2D eigenvalue weighted by atomic mass is 16.1. The first-order chi connectivity index (χ1) is 9.07. The molecular weight excluding hydrogens is 236 g/mol. The molecule has 0 saturated heterocycles. The zero-order valence-corrected chi connectivity index (χ0v) is 11.9. The van der Waals surface area contributed by atoms with Crippen LogP contribution in [0.5, 0.6) is 0 Å². The molecule has 2 unspecified atom stereocenters. The van der Waals surface area contributed by atoms with Gasteiger partial charge >= 0.3 is 0 Å². The monoisotopic (exact) mass is 260 g/mol. The number of benzene rings is 1. The average molecular weight is 260 g/mol. The Morgan fingerprint density at radius 3 is 2.89 bits per heavy atom. The fourth-order valence-corrected chi connectivity index (χ4v) is 3.04. The van der Waals surface area contributed by atoms with E-state index in [1.807, 2.05) is 31.2 Å². The number of nitrogens with two attached hydrogens (primary N) is 1. The molecule has 3 nitrogen and oxygen atoms in total. The van der Waals surface area contributed by atoms with E-state index in [1.165, 1.54) is 6.42 Å². The van der Waals surface area contributed by atoms with Gasteiger partial charge in [-0.25, -0.2) is 0 Å². The topological polar surface area (TPSA) is 55.1 Å². The van der Waals surface area contributed by atoms with Crippen molar-refractivity contribution >= 4 is 5.91 Å². The molecule has 2 atom stereocenters. The SMILES string of the molecule is Cc1cccc(C(=O)NC2(CN)CCCCC2C)c1. The second-order valence-electron chi connectivity index (χ2n) is 5.83. The standard InChI is InChI=1S/C16H24N2O/c1-12-6-5-8-14(10-12)15(19)18-16(11-17)9-4-3-7-13(16)2/h5-6,8,10,13H,3-4,7,9,11,17H2,1-2H3,(H,18,19). The first kappa shape index (κ1) is 14.1. The number of aryl methyl sites for hydroxylation is 1. The van der Waals surface area contributed by atoms with Gasteiger partial charge in [-0.3, -0.25) is 4.79 Å². The van der Waals surface area contributed by atoms with E-state index in [0.717, 1.165) is 30.4 Å². The van der Waals surface area contributed by atoms with Crippen molar-refractivity contribution in [3.63, 3.8) is 0 Å². The van der Waals surface area contributed by atoms with Crippen LogP contribution in [0.1, 0.15) is 48.5 Å². The Labute approximate surface area is 115 Å². The molecule has 0 radical (unpaired) electrons. The quantitative estimate of drug-likeness (QED) is 0.877. The third kappa shape index (κ3) is 2.98. The Balaban J connectivity index is 2.16. The average Bonchev–Trinajstić information content (AvgIpc) is 2.41. The molecule has 19 heavy (non-hydrogen) atoms. The molecule has 0 aromatic heterocycles. The molecule has 1 aromatic carbocycles.